The van der Waals surface area contributed by atoms with E-state index >= 15 is 0 Å². The highest BCUT2D eigenvalue weighted by molar-refractivity contribution is 6.01. The van der Waals surface area contributed by atoms with Gasteiger partial charge in [0.15, 0.2) is 0 Å². The van der Waals surface area contributed by atoms with Gasteiger partial charge in [0, 0.05) is 31.8 Å². The normalized spacial score (nSPS) is 16.4. The van der Waals surface area contributed by atoms with E-state index in [1.54, 1.807) is 0 Å². The summed E-state index contributed by atoms with van der Waals surface area (Å²) >= 11 is 0. The van der Waals surface area contributed by atoms with Crippen molar-refractivity contribution in [1.82, 2.24) is 10.2 Å². The summed E-state index contributed by atoms with van der Waals surface area (Å²) in [6, 6.07) is 12.9. The van der Waals surface area contributed by atoms with Crippen LogP contribution in [0.4, 0.5) is 0 Å². The molecule has 164 valence electrons. The zero-order valence-corrected chi connectivity index (χ0v) is 18.3. The van der Waals surface area contributed by atoms with Crippen LogP contribution in [0.5, 0.6) is 11.5 Å². The lowest BCUT2D eigenvalue weighted by Crippen LogP contribution is -2.33. The SMILES string of the molecule is CCc1cc(CNC(C)c2ccc3c(c2)CCO3)ccc1OCCN1C(=O)CCC1=O. The van der Waals surface area contributed by atoms with Gasteiger partial charge in [0.2, 0.25) is 11.8 Å². The summed E-state index contributed by atoms with van der Waals surface area (Å²) in [6.07, 6.45) is 2.47. The summed E-state index contributed by atoms with van der Waals surface area (Å²) in [4.78, 5) is 24.7. The van der Waals surface area contributed by atoms with Gasteiger partial charge in [-0.1, -0.05) is 31.2 Å². The Kier molecular flexibility index (Phi) is 6.56. The second kappa shape index (κ2) is 9.52. The third-order valence-electron chi connectivity index (χ3n) is 6.06. The van der Waals surface area contributed by atoms with Gasteiger partial charge in [0.1, 0.15) is 18.1 Å². The third kappa shape index (κ3) is 4.90. The highest BCUT2D eigenvalue weighted by Crippen LogP contribution is 2.28. The number of nitrogens with zero attached hydrogens (tertiary/aromatic N) is 1. The van der Waals surface area contributed by atoms with Crippen LogP contribution in [0, 0.1) is 0 Å². The van der Waals surface area contributed by atoms with Gasteiger partial charge in [-0.25, -0.2) is 0 Å². The van der Waals surface area contributed by atoms with E-state index in [1.165, 1.54) is 21.6 Å². The molecule has 2 aliphatic rings. The van der Waals surface area contributed by atoms with Crippen LogP contribution in [0.1, 0.15) is 55.0 Å². The molecule has 0 bridgehead atoms. The number of aryl methyl sites for hydroxylation is 1. The molecule has 4 rings (SSSR count). The van der Waals surface area contributed by atoms with Gasteiger partial charge in [-0.05, 0) is 47.7 Å². The first-order valence-corrected chi connectivity index (χ1v) is 11.1. The number of hydrogen-bond donors (Lipinski definition) is 1. The molecule has 1 fully saturated rings. The van der Waals surface area contributed by atoms with E-state index in [9.17, 15) is 9.59 Å². The van der Waals surface area contributed by atoms with Gasteiger partial charge in [-0.3, -0.25) is 14.5 Å². The molecule has 0 aliphatic carbocycles. The molecule has 1 N–H and O–H groups in total. The predicted molar refractivity (Wildman–Crippen MR) is 118 cm³/mol. The van der Waals surface area contributed by atoms with E-state index in [4.69, 9.17) is 9.47 Å². The van der Waals surface area contributed by atoms with Crippen molar-refractivity contribution in [3.63, 3.8) is 0 Å². The smallest absolute Gasteiger partial charge is 0.229 e. The lowest BCUT2D eigenvalue weighted by molar-refractivity contribution is -0.138. The fraction of sp³-hybridized carbons (Fsp3) is 0.440. The van der Waals surface area contributed by atoms with Crippen molar-refractivity contribution >= 4 is 11.8 Å². The highest BCUT2D eigenvalue weighted by Gasteiger charge is 2.28. The summed E-state index contributed by atoms with van der Waals surface area (Å²) in [5.41, 5.74) is 4.88. The molecule has 1 saturated heterocycles. The number of carbonyl (C=O) groups is 2. The van der Waals surface area contributed by atoms with E-state index < -0.39 is 0 Å². The standard InChI is InChI=1S/C25H30N2O4/c1-3-19-14-18(4-6-22(19)31-13-11-27-24(28)8-9-25(27)29)16-26-17(2)20-5-7-23-21(15-20)10-12-30-23/h4-7,14-15,17,26H,3,8-13,16H2,1-2H3. The fourth-order valence-electron chi connectivity index (χ4n) is 4.14. The summed E-state index contributed by atoms with van der Waals surface area (Å²) in [5.74, 6) is 1.63. The summed E-state index contributed by atoms with van der Waals surface area (Å²) in [5, 5.41) is 3.60. The Morgan fingerprint density at radius 2 is 1.90 bits per heavy atom. The molecule has 2 aromatic carbocycles. The van der Waals surface area contributed by atoms with Crippen LogP contribution >= 0.6 is 0 Å². The number of benzene rings is 2. The van der Waals surface area contributed by atoms with Crippen molar-refractivity contribution in [2.24, 2.45) is 0 Å². The molecule has 0 spiro atoms. The Hall–Kier alpha value is -2.86. The Morgan fingerprint density at radius 3 is 2.68 bits per heavy atom. The van der Waals surface area contributed by atoms with Crippen molar-refractivity contribution in [2.75, 3.05) is 19.8 Å². The maximum atomic E-state index is 11.7. The first-order valence-electron chi connectivity index (χ1n) is 11.1. The zero-order chi connectivity index (χ0) is 21.8. The number of fused-ring (bicyclic) bond motifs is 1. The van der Waals surface area contributed by atoms with Crippen LogP contribution in [0.3, 0.4) is 0 Å². The predicted octanol–water partition coefficient (Wildman–Crippen LogP) is 3.56. The molecule has 2 amide bonds. The topological polar surface area (TPSA) is 67.9 Å². The Labute approximate surface area is 183 Å². The number of ether oxygens (including phenoxy) is 2. The van der Waals surface area contributed by atoms with Crippen LogP contribution in [-0.4, -0.2) is 36.5 Å². The molecule has 1 unspecified atom stereocenters. The molecule has 6 nitrogen and oxygen atoms in total. The molecular weight excluding hydrogens is 392 g/mol. The number of hydrogen-bond acceptors (Lipinski definition) is 5. The molecule has 31 heavy (non-hydrogen) atoms. The van der Waals surface area contributed by atoms with Crippen LogP contribution < -0.4 is 14.8 Å². The first kappa shape index (κ1) is 21.4. The number of nitrogens with one attached hydrogen (secondary N) is 1. The van der Waals surface area contributed by atoms with E-state index in [0.717, 1.165) is 43.1 Å². The second-order valence-electron chi connectivity index (χ2n) is 8.15. The van der Waals surface area contributed by atoms with Crippen molar-refractivity contribution in [3.05, 3.63) is 58.7 Å². The van der Waals surface area contributed by atoms with E-state index in [1.807, 2.05) is 6.07 Å². The van der Waals surface area contributed by atoms with Gasteiger partial charge in [0.05, 0.1) is 13.2 Å². The Morgan fingerprint density at radius 1 is 1.10 bits per heavy atom. The maximum absolute atomic E-state index is 11.7. The summed E-state index contributed by atoms with van der Waals surface area (Å²) in [6.45, 7) is 6.45. The monoisotopic (exact) mass is 422 g/mol. The average Bonchev–Trinajstić information content (AvgIpc) is 3.38. The van der Waals surface area contributed by atoms with Crippen molar-refractivity contribution in [2.45, 2.75) is 52.1 Å². The van der Waals surface area contributed by atoms with Crippen LogP contribution in [-0.2, 0) is 29.0 Å². The van der Waals surface area contributed by atoms with Crippen molar-refractivity contribution in [3.8, 4) is 11.5 Å². The van der Waals surface area contributed by atoms with Gasteiger partial charge >= 0.3 is 0 Å². The van der Waals surface area contributed by atoms with Crippen LogP contribution in [0.2, 0.25) is 0 Å². The molecule has 0 saturated carbocycles. The summed E-state index contributed by atoms with van der Waals surface area (Å²) < 4.78 is 11.5. The van der Waals surface area contributed by atoms with Gasteiger partial charge in [-0.2, -0.15) is 0 Å². The lowest BCUT2D eigenvalue weighted by atomic mass is 10.0. The zero-order valence-electron chi connectivity index (χ0n) is 18.3. The molecule has 0 radical (unpaired) electrons. The minimum atomic E-state index is -0.101. The maximum Gasteiger partial charge on any atom is 0.229 e. The van der Waals surface area contributed by atoms with E-state index in [0.29, 0.717) is 26.0 Å². The molecule has 0 aromatic heterocycles. The number of amides is 2. The average molecular weight is 423 g/mol. The minimum Gasteiger partial charge on any atom is -0.493 e. The van der Waals surface area contributed by atoms with Gasteiger partial charge < -0.3 is 14.8 Å². The second-order valence-corrected chi connectivity index (χ2v) is 8.15. The van der Waals surface area contributed by atoms with Crippen molar-refractivity contribution < 1.29 is 19.1 Å². The van der Waals surface area contributed by atoms with Crippen molar-refractivity contribution in [1.29, 1.82) is 0 Å². The molecule has 2 heterocycles. The number of carbonyl (C=O) groups excluding carboxylic acids is 2. The molecule has 6 heteroatoms. The Bertz CT molecular complexity index is 956. The summed E-state index contributed by atoms with van der Waals surface area (Å²) in [7, 11) is 0. The molecule has 2 aliphatic heterocycles. The quantitative estimate of drug-likeness (QED) is 0.626. The largest absolute Gasteiger partial charge is 0.493 e. The van der Waals surface area contributed by atoms with Gasteiger partial charge in [0.25, 0.3) is 0 Å². The first-order chi connectivity index (χ1) is 15.0. The number of likely N-dealkylation sites (tertiary alicyclic amines) is 1. The molecule has 1 atom stereocenters. The van der Waals surface area contributed by atoms with Crippen LogP contribution in [0.25, 0.3) is 0 Å². The Balaban J connectivity index is 1.32. The number of imide groups is 1. The fourth-order valence-corrected chi connectivity index (χ4v) is 4.14. The molecular formula is C25H30N2O4. The lowest BCUT2D eigenvalue weighted by Gasteiger charge is -2.18. The van der Waals surface area contributed by atoms with Crippen LogP contribution in [0.15, 0.2) is 36.4 Å². The van der Waals surface area contributed by atoms with E-state index in [2.05, 4.69) is 49.5 Å². The number of rotatable bonds is 9. The van der Waals surface area contributed by atoms with Gasteiger partial charge in [-0.15, -0.1) is 0 Å². The highest BCUT2D eigenvalue weighted by atomic mass is 16.5. The third-order valence-corrected chi connectivity index (χ3v) is 6.06. The minimum absolute atomic E-state index is 0.101. The van der Waals surface area contributed by atoms with E-state index in [-0.39, 0.29) is 17.9 Å². The molecule has 2 aromatic rings.